The van der Waals surface area contributed by atoms with E-state index in [1.807, 2.05) is 35.4 Å². The molecule has 0 saturated carbocycles. The Labute approximate surface area is 159 Å². The van der Waals surface area contributed by atoms with E-state index in [9.17, 15) is 4.79 Å². The van der Waals surface area contributed by atoms with Gasteiger partial charge in [0.25, 0.3) is 5.91 Å². The van der Waals surface area contributed by atoms with E-state index in [1.54, 1.807) is 16.8 Å². The predicted molar refractivity (Wildman–Crippen MR) is 105 cm³/mol. The molecule has 0 atom stereocenters. The van der Waals surface area contributed by atoms with Gasteiger partial charge in [-0.2, -0.15) is 0 Å². The summed E-state index contributed by atoms with van der Waals surface area (Å²) in [6, 6.07) is 12.4. The molecule has 27 heavy (non-hydrogen) atoms. The molecule has 0 N–H and O–H groups in total. The minimum absolute atomic E-state index is 0.00554. The maximum Gasteiger partial charge on any atom is 0.274 e. The summed E-state index contributed by atoms with van der Waals surface area (Å²) in [4.78, 5) is 26.4. The van der Waals surface area contributed by atoms with E-state index >= 15 is 0 Å². The number of piperidine rings is 1. The van der Waals surface area contributed by atoms with Crippen LogP contribution in [0.4, 0.5) is 0 Å². The van der Waals surface area contributed by atoms with Crippen LogP contribution in [-0.4, -0.2) is 62.8 Å². The molecule has 0 unspecified atom stereocenters. The zero-order valence-corrected chi connectivity index (χ0v) is 15.7. The lowest BCUT2D eigenvalue weighted by molar-refractivity contribution is 0.0589. The summed E-state index contributed by atoms with van der Waals surface area (Å²) in [7, 11) is 2.14. The lowest BCUT2D eigenvalue weighted by Gasteiger charge is -2.37. The number of fused-ring (bicyclic) bond motifs is 1. The average Bonchev–Trinajstić information content (AvgIpc) is 3.14. The number of rotatable bonds is 5. The van der Waals surface area contributed by atoms with Crippen LogP contribution in [0.3, 0.4) is 0 Å². The number of likely N-dealkylation sites (tertiary alicyclic amines) is 1. The van der Waals surface area contributed by atoms with Gasteiger partial charge in [-0.15, -0.1) is 0 Å². The first kappa shape index (κ1) is 17.7. The number of aromatic nitrogens is 3. The molecule has 1 amide bonds. The number of imidazole rings is 1. The van der Waals surface area contributed by atoms with Crippen LogP contribution in [-0.2, 0) is 6.42 Å². The molecule has 1 aromatic carbocycles. The molecule has 6 heteroatoms. The summed E-state index contributed by atoms with van der Waals surface area (Å²) in [6.45, 7) is 2.75. The summed E-state index contributed by atoms with van der Waals surface area (Å²) in [6.07, 6.45) is 8.21. The van der Waals surface area contributed by atoms with E-state index in [-0.39, 0.29) is 11.9 Å². The summed E-state index contributed by atoms with van der Waals surface area (Å²) < 4.78 is 1.80. The highest BCUT2D eigenvalue weighted by atomic mass is 16.2. The molecule has 0 aliphatic carbocycles. The van der Waals surface area contributed by atoms with Crippen LogP contribution in [0.15, 0.2) is 55.0 Å². The average molecular weight is 363 g/mol. The van der Waals surface area contributed by atoms with Crippen LogP contribution >= 0.6 is 0 Å². The van der Waals surface area contributed by atoms with Gasteiger partial charge in [-0.3, -0.25) is 9.20 Å². The topological polar surface area (TPSA) is 53.7 Å². The van der Waals surface area contributed by atoms with Gasteiger partial charge in [-0.25, -0.2) is 9.97 Å². The zero-order valence-electron chi connectivity index (χ0n) is 15.7. The van der Waals surface area contributed by atoms with Gasteiger partial charge in [0, 0.05) is 31.2 Å². The Balaban J connectivity index is 1.56. The third kappa shape index (κ3) is 4.01. The quantitative estimate of drug-likeness (QED) is 0.699. The van der Waals surface area contributed by atoms with Gasteiger partial charge >= 0.3 is 0 Å². The highest BCUT2D eigenvalue weighted by molar-refractivity contribution is 5.93. The van der Waals surface area contributed by atoms with Crippen LogP contribution in [0.2, 0.25) is 0 Å². The van der Waals surface area contributed by atoms with Gasteiger partial charge in [0.2, 0.25) is 5.78 Å². The fraction of sp³-hybridized carbons (Fsp3) is 0.381. The summed E-state index contributed by atoms with van der Waals surface area (Å²) in [5.41, 5.74) is 1.72. The van der Waals surface area contributed by atoms with Crippen molar-refractivity contribution < 1.29 is 4.79 Å². The van der Waals surface area contributed by atoms with Crippen molar-refractivity contribution in [1.29, 1.82) is 0 Å². The molecular formula is C21H25N5O. The second-order valence-corrected chi connectivity index (χ2v) is 7.22. The van der Waals surface area contributed by atoms with Crippen molar-refractivity contribution in [1.82, 2.24) is 24.2 Å². The normalized spacial score (nSPS) is 15.9. The Morgan fingerprint density at radius 3 is 2.70 bits per heavy atom. The fourth-order valence-corrected chi connectivity index (χ4v) is 3.73. The molecule has 1 fully saturated rings. The minimum atomic E-state index is 0.00554. The number of carbonyl (C=O) groups is 1. The van der Waals surface area contributed by atoms with Gasteiger partial charge < -0.3 is 9.80 Å². The molecule has 0 spiro atoms. The molecule has 0 bridgehead atoms. The second kappa shape index (κ2) is 7.88. The number of carbonyl (C=O) groups excluding carboxylic acids is 1. The first-order chi connectivity index (χ1) is 13.2. The van der Waals surface area contributed by atoms with Crippen molar-refractivity contribution in [2.24, 2.45) is 0 Å². The molecule has 3 aromatic rings. The van der Waals surface area contributed by atoms with Gasteiger partial charge in [0.1, 0.15) is 5.69 Å². The maximum atomic E-state index is 13.3. The van der Waals surface area contributed by atoms with Gasteiger partial charge in [0.05, 0.1) is 0 Å². The van der Waals surface area contributed by atoms with Gasteiger partial charge in [-0.05, 0) is 51.0 Å². The van der Waals surface area contributed by atoms with Crippen molar-refractivity contribution in [2.75, 3.05) is 26.7 Å². The Kier molecular flexibility index (Phi) is 5.16. The molecule has 1 aliphatic heterocycles. The summed E-state index contributed by atoms with van der Waals surface area (Å²) in [5, 5.41) is 0. The van der Waals surface area contributed by atoms with Crippen LogP contribution in [0.5, 0.6) is 0 Å². The Morgan fingerprint density at radius 1 is 1.19 bits per heavy atom. The highest BCUT2D eigenvalue weighted by Gasteiger charge is 2.28. The molecule has 140 valence electrons. The molecule has 6 nitrogen and oxygen atoms in total. The molecule has 1 saturated heterocycles. The van der Waals surface area contributed by atoms with Gasteiger partial charge in [-0.1, -0.05) is 30.3 Å². The number of benzene rings is 1. The Hall–Kier alpha value is -2.73. The van der Waals surface area contributed by atoms with Gasteiger partial charge in [0.15, 0.2) is 0 Å². The monoisotopic (exact) mass is 363 g/mol. The zero-order chi connectivity index (χ0) is 18.6. The number of amides is 1. The van der Waals surface area contributed by atoms with E-state index in [2.05, 4.69) is 34.0 Å². The van der Waals surface area contributed by atoms with Crippen molar-refractivity contribution in [3.63, 3.8) is 0 Å². The summed E-state index contributed by atoms with van der Waals surface area (Å²) in [5.74, 6) is 0.568. The van der Waals surface area contributed by atoms with Crippen LogP contribution < -0.4 is 0 Å². The van der Waals surface area contributed by atoms with Crippen molar-refractivity contribution >= 4 is 11.7 Å². The predicted octanol–water partition coefficient (Wildman–Crippen LogP) is 2.51. The molecule has 1 aliphatic rings. The third-order valence-corrected chi connectivity index (χ3v) is 5.33. The highest BCUT2D eigenvalue weighted by Crippen LogP contribution is 2.19. The van der Waals surface area contributed by atoms with E-state index in [4.69, 9.17) is 0 Å². The van der Waals surface area contributed by atoms with Crippen molar-refractivity contribution in [3.05, 3.63) is 66.2 Å². The largest absolute Gasteiger partial charge is 0.334 e. The summed E-state index contributed by atoms with van der Waals surface area (Å²) >= 11 is 0. The standard InChI is InChI=1S/C21H25N5O/c1-24-13-9-18(10-14-24)26(15-8-17-6-3-2-4-7-17)20(27)19-16-25-12-5-11-22-21(25)23-19/h2-7,11-12,16,18H,8-10,13-15H2,1H3. The smallest absolute Gasteiger partial charge is 0.274 e. The SMILES string of the molecule is CN1CCC(N(CCc2ccccc2)C(=O)c2cn3cccnc3n2)CC1. The third-order valence-electron chi connectivity index (χ3n) is 5.33. The van der Waals surface area contributed by atoms with Crippen LogP contribution in [0.1, 0.15) is 28.9 Å². The molecule has 3 heterocycles. The number of hydrogen-bond acceptors (Lipinski definition) is 4. The number of nitrogens with zero attached hydrogens (tertiary/aromatic N) is 5. The maximum absolute atomic E-state index is 13.3. The second-order valence-electron chi connectivity index (χ2n) is 7.22. The Bertz CT molecular complexity index is 866. The van der Waals surface area contributed by atoms with E-state index in [0.29, 0.717) is 18.0 Å². The molecular weight excluding hydrogens is 338 g/mol. The molecule has 4 rings (SSSR count). The van der Waals surface area contributed by atoms with E-state index in [1.165, 1.54) is 5.56 Å². The van der Waals surface area contributed by atoms with Crippen LogP contribution in [0, 0.1) is 0 Å². The van der Waals surface area contributed by atoms with Crippen molar-refractivity contribution in [3.8, 4) is 0 Å². The van der Waals surface area contributed by atoms with Crippen LogP contribution in [0.25, 0.3) is 5.78 Å². The fourth-order valence-electron chi connectivity index (χ4n) is 3.73. The van der Waals surface area contributed by atoms with E-state index < -0.39 is 0 Å². The van der Waals surface area contributed by atoms with E-state index in [0.717, 1.165) is 32.4 Å². The number of hydrogen-bond donors (Lipinski definition) is 0. The lowest BCUT2D eigenvalue weighted by atomic mass is 10.0. The Morgan fingerprint density at radius 2 is 1.96 bits per heavy atom. The first-order valence-corrected chi connectivity index (χ1v) is 9.54. The molecule has 2 aromatic heterocycles. The first-order valence-electron chi connectivity index (χ1n) is 9.54. The molecule has 0 radical (unpaired) electrons. The minimum Gasteiger partial charge on any atom is -0.334 e. The lowest BCUT2D eigenvalue weighted by Crippen LogP contribution is -2.47. The van der Waals surface area contributed by atoms with Crippen molar-refractivity contribution in [2.45, 2.75) is 25.3 Å².